The fourth-order valence-electron chi connectivity index (χ4n) is 1.98. The highest BCUT2D eigenvalue weighted by molar-refractivity contribution is 6.53. The fourth-order valence-corrected chi connectivity index (χ4v) is 1.98. The van der Waals surface area contributed by atoms with Crippen molar-refractivity contribution in [2.24, 2.45) is 4.99 Å². The van der Waals surface area contributed by atoms with E-state index in [9.17, 15) is 9.59 Å². The van der Waals surface area contributed by atoms with Gasteiger partial charge in [0.25, 0.3) is 0 Å². The third kappa shape index (κ3) is 2.06. The van der Waals surface area contributed by atoms with E-state index in [1.807, 2.05) is 0 Å². The summed E-state index contributed by atoms with van der Waals surface area (Å²) in [6, 6.07) is 6.78. The van der Waals surface area contributed by atoms with Crippen LogP contribution in [-0.4, -0.2) is 27.2 Å². The number of fused-ring (bicyclic) bond motifs is 1. The molecule has 5 nitrogen and oxygen atoms in total. The molecule has 0 saturated carbocycles. The predicted molar refractivity (Wildman–Crippen MR) is 68.8 cm³/mol. The highest BCUT2D eigenvalue weighted by Gasteiger charge is 2.28. The number of aromatic nitrogens is 2. The van der Waals surface area contributed by atoms with Gasteiger partial charge in [0, 0.05) is 23.5 Å². The van der Waals surface area contributed by atoms with Crippen LogP contribution in [0.15, 0.2) is 47.8 Å². The van der Waals surface area contributed by atoms with Gasteiger partial charge >= 0.3 is 0 Å². The average Bonchev–Trinajstić information content (AvgIpc) is 2.46. The van der Waals surface area contributed by atoms with Crippen LogP contribution < -0.4 is 0 Å². The monoisotopic (exact) mass is 251 g/mol. The lowest BCUT2D eigenvalue weighted by Crippen LogP contribution is -2.26. The second-order valence-electron chi connectivity index (χ2n) is 4.10. The van der Waals surface area contributed by atoms with Gasteiger partial charge in [-0.3, -0.25) is 14.6 Å². The van der Waals surface area contributed by atoms with Crippen LogP contribution in [0.25, 0.3) is 0 Å². The molecule has 92 valence electrons. The van der Waals surface area contributed by atoms with Gasteiger partial charge in [0.2, 0.25) is 5.78 Å². The largest absolute Gasteiger partial charge is 0.294 e. The molecule has 0 N–H and O–H groups in total. The molecule has 1 heterocycles. The van der Waals surface area contributed by atoms with E-state index in [1.54, 1.807) is 24.3 Å². The average molecular weight is 251 g/mol. The molecule has 0 fully saturated rings. The first kappa shape index (κ1) is 11.4. The SMILES string of the molecule is O=C1CC(=Nc2cnccn2)C(=O)c2ccccc21. The van der Waals surface area contributed by atoms with Gasteiger partial charge in [0.05, 0.1) is 18.3 Å². The minimum absolute atomic E-state index is 0.00637. The molecule has 0 saturated heterocycles. The van der Waals surface area contributed by atoms with Crippen molar-refractivity contribution in [2.75, 3.05) is 0 Å². The van der Waals surface area contributed by atoms with E-state index in [0.717, 1.165) is 0 Å². The molecule has 0 amide bonds. The third-order valence-electron chi connectivity index (χ3n) is 2.86. The van der Waals surface area contributed by atoms with Crippen molar-refractivity contribution in [3.05, 3.63) is 54.0 Å². The normalized spacial score (nSPS) is 16.5. The van der Waals surface area contributed by atoms with Crippen LogP contribution in [0.4, 0.5) is 5.82 Å². The van der Waals surface area contributed by atoms with Crippen molar-refractivity contribution in [3.63, 3.8) is 0 Å². The van der Waals surface area contributed by atoms with Crippen molar-refractivity contribution >= 4 is 23.1 Å². The number of rotatable bonds is 1. The summed E-state index contributed by atoms with van der Waals surface area (Å²) in [7, 11) is 0. The number of aliphatic imine (C=N–C) groups is 1. The first-order chi connectivity index (χ1) is 9.25. The summed E-state index contributed by atoms with van der Waals surface area (Å²) in [6.07, 6.45) is 4.47. The molecule has 19 heavy (non-hydrogen) atoms. The molecule has 1 aromatic heterocycles. The van der Waals surface area contributed by atoms with Crippen molar-refractivity contribution < 1.29 is 9.59 Å². The number of Topliss-reactive ketones (excluding diaryl/α,β-unsaturated/α-hetero) is 2. The number of hydrogen-bond acceptors (Lipinski definition) is 5. The Morgan fingerprint density at radius 1 is 1.05 bits per heavy atom. The standard InChI is InChI=1S/C14H9N3O2/c18-12-7-11(17-13-8-15-5-6-16-13)14(19)10-4-2-1-3-9(10)12/h1-6,8H,7H2. The Morgan fingerprint density at radius 2 is 1.84 bits per heavy atom. The maximum atomic E-state index is 12.2. The Morgan fingerprint density at radius 3 is 2.58 bits per heavy atom. The summed E-state index contributed by atoms with van der Waals surface area (Å²) in [6.45, 7) is 0. The molecular formula is C14H9N3O2. The molecule has 0 unspecified atom stereocenters. The second-order valence-corrected chi connectivity index (χ2v) is 4.10. The zero-order valence-corrected chi connectivity index (χ0v) is 9.91. The van der Waals surface area contributed by atoms with Gasteiger partial charge in [0.15, 0.2) is 11.6 Å². The number of hydrogen-bond donors (Lipinski definition) is 0. The number of ketones is 2. The third-order valence-corrected chi connectivity index (χ3v) is 2.86. The molecular weight excluding hydrogens is 242 g/mol. The van der Waals surface area contributed by atoms with Crippen LogP contribution >= 0.6 is 0 Å². The van der Waals surface area contributed by atoms with Crippen molar-refractivity contribution in [2.45, 2.75) is 6.42 Å². The van der Waals surface area contributed by atoms with Gasteiger partial charge in [-0.1, -0.05) is 24.3 Å². The molecule has 0 radical (unpaired) electrons. The predicted octanol–water partition coefficient (Wildman–Crippen LogP) is 2.02. The van der Waals surface area contributed by atoms with E-state index in [0.29, 0.717) is 16.9 Å². The summed E-state index contributed by atoms with van der Waals surface area (Å²) in [4.78, 5) is 36.2. The smallest absolute Gasteiger partial charge is 0.208 e. The molecule has 0 bridgehead atoms. The van der Waals surface area contributed by atoms with E-state index in [2.05, 4.69) is 15.0 Å². The van der Waals surface area contributed by atoms with Crippen LogP contribution in [0.3, 0.4) is 0 Å². The first-order valence-corrected chi connectivity index (χ1v) is 5.76. The summed E-state index contributed by atoms with van der Waals surface area (Å²) >= 11 is 0. The molecule has 0 atom stereocenters. The highest BCUT2D eigenvalue weighted by atomic mass is 16.1. The van der Waals surface area contributed by atoms with E-state index < -0.39 is 0 Å². The minimum Gasteiger partial charge on any atom is -0.294 e. The molecule has 1 aliphatic carbocycles. The Kier molecular flexibility index (Phi) is 2.72. The van der Waals surface area contributed by atoms with Gasteiger partial charge in [-0.05, 0) is 0 Å². The highest BCUT2D eigenvalue weighted by Crippen LogP contribution is 2.21. The molecule has 1 aliphatic rings. The lowest BCUT2D eigenvalue weighted by molar-refractivity contribution is 0.0965. The Labute approximate surface area is 109 Å². The summed E-state index contributed by atoms with van der Waals surface area (Å²) in [5.74, 6) is 0.0109. The number of nitrogens with zero attached hydrogens (tertiary/aromatic N) is 3. The first-order valence-electron chi connectivity index (χ1n) is 5.76. The molecule has 3 rings (SSSR count). The number of carbonyl (C=O) groups is 2. The maximum Gasteiger partial charge on any atom is 0.208 e. The maximum absolute atomic E-state index is 12.2. The summed E-state index contributed by atoms with van der Waals surface area (Å²) < 4.78 is 0. The van der Waals surface area contributed by atoms with Crippen LogP contribution in [0.5, 0.6) is 0 Å². The fraction of sp³-hybridized carbons (Fsp3) is 0.0714. The Bertz CT molecular complexity index is 693. The molecule has 0 spiro atoms. The minimum atomic E-state index is -0.221. The lowest BCUT2D eigenvalue weighted by Gasteiger charge is -2.14. The van der Waals surface area contributed by atoms with Crippen LogP contribution in [0.2, 0.25) is 0 Å². The molecule has 0 aliphatic heterocycles. The van der Waals surface area contributed by atoms with Crippen molar-refractivity contribution in [1.29, 1.82) is 0 Å². The van der Waals surface area contributed by atoms with Crippen LogP contribution in [-0.2, 0) is 0 Å². The lowest BCUT2D eigenvalue weighted by atomic mass is 9.88. The number of carbonyl (C=O) groups excluding carboxylic acids is 2. The summed E-state index contributed by atoms with van der Waals surface area (Å²) in [5, 5.41) is 0. The van der Waals surface area contributed by atoms with Gasteiger partial charge in [-0.25, -0.2) is 9.98 Å². The molecule has 1 aromatic carbocycles. The zero-order valence-electron chi connectivity index (χ0n) is 9.91. The second kappa shape index (κ2) is 4.53. The molecule has 5 heteroatoms. The van der Waals surface area contributed by atoms with Crippen molar-refractivity contribution in [3.8, 4) is 0 Å². The van der Waals surface area contributed by atoms with Gasteiger partial charge in [-0.15, -0.1) is 0 Å². The van der Waals surface area contributed by atoms with Gasteiger partial charge in [0.1, 0.15) is 0 Å². The zero-order chi connectivity index (χ0) is 13.2. The summed E-state index contributed by atoms with van der Waals surface area (Å²) in [5.41, 5.74) is 1.08. The van der Waals surface area contributed by atoms with Gasteiger partial charge in [-0.2, -0.15) is 0 Å². The van der Waals surface area contributed by atoms with Crippen LogP contribution in [0, 0.1) is 0 Å². The number of benzene rings is 1. The van der Waals surface area contributed by atoms with E-state index in [1.165, 1.54) is 18.6 Å². The van der Waals surface area contributed by atoms with E-state index >= 15 is 0 Å². The van der Waals surface area contributed by atoms with Gasteiger partial charge < -0.3 is 0 Å². The topological polar surface area (TPSA) is 72.3 Å². The van der Waals surface area contributed by atoms with Crippen LogP contribution in [0.1, 0.15) is 27.1 Å². The quantitative estimate of drug-likeness (QED) is 0.777. The van der Waals surface area contributed by atoms with E-state index in [-0.39, 0.29) is 23.7 Å². The van der Waals surface area contributed by atoms with Crippen molar-refractivity contribution in [1.82, 2.24) is 9.97 Å². The van der Waals surface area contributed by atoms with E-state index in [4.69, 9.17) is 0 Å². The Balaban J connectivity index is 2.06. The molecule has 2 aromatic rings. The Hall–Kier alpha value is -2.69.